The third kappa shape index (κ3) is 7.22. The van der Waals surface area contributed by atoms with Gasteiger partial charge in [-0.25, -0.2) is 0 Å². The van der Waals surface area contributed by atoms with Gasteiger partial charge in [0.2, 0.25) is 11.8 Å². The molecule has 0 saturated heterocycles. The number of amides is 2. The zero-order valence-electron chi connectivity index (χ0n) is 19.1. The van der Waals surface area contributed by atoms with E-state index in [2.05, 4.69) is 0 Å². The Hall–Kier alpha value is -2.64. The van der Waals surface area contributed by atoms with E-state index in [1.165, 1.54) is 0 Å². The molecule has 0 aliphatic carbocycles. The molecule has 0 unspecified atom stereocenters. The zero-order valence-corrected chi connectivity index (χ0v) is 19.1. The van der Waals surface area contributed by atoms with Gasteiger partial charge in [0, 0.05) is 46.2 Å². The molecular formula is C24H35N3O4. The maximum absolute atomic E-state index is 13.4. The fraction of sp³-hybridized carbons (Fsp3) is 0.500. The average molecular weight is 430 g/mol. The van der Waals surface area contributed by atoms with Crippen LogP contribution in [0.4, 0.5) is 0 Å². The van der Waals surface area contributed by atoms with Crippen molar-refractivity contribution in [2.45, 2.75) is 25.8 Å². The van der Waals surface area contributed by atoms with Gasteiger partial charge in [-0.1, -0.05) is 37.3 Å². The smallest absolute Gasteiger partial charge is 0.242 e. The Morgan fingerprint density at radius 2 is 1.61 bits per heavy atom. The molecule has 1 heterocycles. The van der Waals surface area contributed by atoms with Crippen molar-refractivity contribution in [1.82, 2.24) is 14.4 Å². The maximum atomic E-state index is 13.4. The molecule has 2 rings (SSSR count). The molecule has 2 amide bonds. The van der Waals surface area contributed by atoms with E-state index in [0.717, 1.165) is 11.3 Å². The lowest BCUT2D eigenvalue weighted by molar-refractivity contribution is -0.142. The predicted molar refractivity (Wildman–Crippen MR) is 121 cm³/mol. The lowest BCUT2D eigenvalue weighted by Gasteiger charge is -2.30. The van der Waals surface area contributed by atoms with Crippen LogP contribution in [0.3, 0.4) is 0 Å². The van der Waals surface area contributed by atoms with Crippen LogP contribution in [0.1, 0.15) is 30.5 Å². The van der Waals surface area contributed by atoms with Crippen molar-refractivity contribution in [2.24, 2.45) is 7.05 Å². The van der Waals surface area contributed by atoms with E-state index in [1.807, 2.05) is 67.2 Å². The first-order valence-electron chi connectivity index (χ1n) is 10.7. The summed E-state index contributed by atoms with van der Waals surface area (Å²) in [7, 11) is 5.17. The number of aromatic nitrogens is 1. The van der Waals surface area contributed by atoms with Crippen LogP contribution in [-0.4, -0.2) is 73.2 Å². The zero-order chi connectivity index (χ0) is 22.6. The second-order valence-corrected chi connectivity index (χ2v) is 7.54. The number of carbonyl (C=O) groups is 2. The molecule has 1 atom stereocenters. The van der Waals surface area contributed by atoms with E-state index in [1.54, 1.807) is 24.0 Å². The van der Waals surface area contributed by atoms with Gasteiger partial charge < -0.3 is 23.8 Å². The fourth-order valence-corrected chi connectivity index (χ4v) is 3.54. The molecular weight excluding hydrogens is 394 g/mol. The molecule has 0 aliphatic rings. The predicted octanol–water partition coefficient (Wildman–Crippen LogP) is 2.67. The Morgan fingerprint density at radius 1 is 0.968 bits per heavy atom. The molecule has 0 saturated carbocycles. The number of methoxy groups -OCH3 is 2. The molecule has 7 nitrogen and oxygen atoms in total. The SMILES string of the molecule is CC[C@H](C(=O)N(CCOC)CC(=O)N(CCOC)Cc1cccn1C)c1ccccc1. The molecule has 0 aliphatic heterocycles. The number of hydrogen-bond acceptors (Lipinski definition) is 4. The third-order valence-corrected chi connectivity index (χ3v) is 5.43. The van der Waals surface area contributed by atoms with Gasteiger partial charge in [0.1, 0.15) is 0 Å². The van der Waals surface area contributed by atoms with Gasteiger partial charge in [-0.15, -0.1) is 0 Å². The fourth-order valence-electron chi connectivity index (χ4n) is 3.54. The Kier molecular flexibility index (Phi) is 10.3. The summed E-state index contributed by atoms with van der Waals surface area (Å²) in [4.78, 5) is 30.0. The van der Waals surface area contributed by atoms with Gasteiger partial charge in [-0.3, -0.25) is 9.59 Å². The summed E-state index contributed by atoms with van der Waals surface area (Å²) in [5, 5.41) is 0. The van der Waals surface area contributed by atoms with Crippen LogP contribution >= 0.6 is 0 Å². The Balaban J connectivity index is 2.18. The standard InChI is InChI=1S/C24H35N3O4/c1-5-22(20-10-7-6-8-11-20)24(29)27(15-17-31-4)19-23(28)26(14-16-30-3)18-21-12-9-13-25(21)2/h6-13,22H,5,14-19H2,1-4H3/t22-/m0/s1. The molecule has 0 spiro atoms. The van der Waals surface area contributed by atoms with Crippen LogP contribution in [0.5, 0.6) is 0 Å². The largest absolute Gasteiger partial charge is 0.383 e. The summed E-state index contributed by atoms with van der Waals surface area (Å²) in [5.74, 6) is -0.443. The lowest BCUT2D eigenvalue weighted by atomic mass is 9.95. The van der Waals surface area contributed by atoms with E-state index in [9.17, 15) is 9.59 Å². The summed E-state index contributed by atoms with van der Waals surface area (Å²) >= 11 is 0. The highest BCUT2D eigenvalue weighted by Gasteiger charge is 2.27. The van der Waals surface area contributed by atoms with Crippen LogP contribution in [0.15, 0.2) is 48.7 Å². The van der Waals surface area contributed by atoms with Crippen LogP contribution in [0.25, 0.3) is 0 Å². The molecule has 170 valence electrons. The van der Waals surface area contributed by atoms with Gasteiger partial charge in [0.15, 0.2) is 0 Å². The molecule has 7 heteroatoms. The number of benzene rings is 1. The molecule has 1 aromatic heterocycles. The first-order valence-corrected chi connectivity index (χ1v) is 10.7. The summed E-state index contributed by atoms with van der Waals surface area (Å²) in [6, 6.07) is 13.7. The van der Waals surface area contributed by atoms with E-state index in [-0.39, 0.29) is 24.3 Å². The van der Waals surface area contributed by atoms with Crippen molar-refractivity contribution < 1.29 is 19.1 Å². The molecule has 0 N–H and O–H groups in total. The van der Waals surface area contributed by atoms with E-state index in [4.69, 9.17) is 9.47 Å². The van der Waals surface area contributed by atoms with Gasteiger partial charge in [-0.05, 0) is 24.1 Å². The van der Waals surface area contributed by atoms with Crippen molar-refractivity contribution in [3.05, 3.63) is 59.9 Å². The molecule has 0 bridgehead atoms. The number of rotatable bonds is 13. The van der Waals surface area contributed by atoms with Crippen molar-refractivity contribution in [3.63, 3.8) is 0 Å². The van der Waals surface area contributed by atoms with Crippen LogP contribution in [0, 0.1) is 0 Å². The summed E-state index contributed by atoms with van der Waals surface area (Å²) in [6.45, 7) is 4.11. The van der Waals surface area contributed by atoms with Gasteiger partial charge in [-0.2, -0.15) is 0 Å². The van der Waals surface area contributed by atoms with Crippen molar-refractivity contribution in [3.8, 4) is 0 Å². The molecule has 0 fully saturated rings. The highest BCUT2D eigenvalue weighted by molar-refractivity contribution is 5.88. The number of hydrogen-bond donors (Lipinski definition) is 0. The Labute approximate surface area is 185 Å². The van der Waals surface area contributed by atoms with E-state index in [0.29, 0.717) is 39.3 Å². The minimum atomic E-state index is -0.286. The van der Waals surface area contributed by atoms with Crippen molar-refractivity contribution in [2.75, 3.05) is 47.1 Å². The Morgan fingerprint density at radius 3 is 2.16 bits per heavy atom. The maximum Gasteiger partial charge on any atom is 0.242 e. The average Bonchev–Trinajstić information content (AvgIpc) is 3.19. The van der Waals surface area contributed by atoms with Crippen LogP contribution in [0.2, 0.25) is 0 Å². The third-order valence-electron chi connectivity index (χ3n) is 5.43. The van der Waals surface area contributed by atoms with Crippen molar-refractivity contribution >= 4 is 11.8 Å². The van der Waals surface area contributed by atoms with Crippen LogP contribution in [-0.2, 0) is 32.7 Å². The molecule has 1 aromatic carbocycles. The number of ether oxygens (including phenoxy) is 2. The molecule has 2 aromatic rings. The minimum Gasteiger partial charge on any atom is -0.383 e. The first-order chi connectivity index (χ1) is 15.0. The normalized spacial score (nSPS) is 11.9. The second kappa shape index (κ2) is 12.9. The lowest BCUT2D eigenvalue weighted by Crippen LogP contribution is -2.46. The Bertz CT molecular complexity index is 806. The summed E-state index contributed by atoms with van der Waals surface area (Å²) < 4.78 is 12.4. The first kappa shape index (κ1) is 24.6. The minimum absolute atomic E-state index is 0.0136. The highest BCUT2D eigenvalue weighted by Crippen LogP contribution is 2.22. The molecule has 0 radical (unpaired) electrons. The van der Waals surface area contributed by atoms with Gasteiger partial charge in [0.05, 0.1) is 32.2 Å². The monoisotopic (exact) mass is 429 g/mol. The van der Waals surface area contributed by atoms with Gasteiger partial charge >= 0.3 is 0 Å². The van der Waals surface area contributed by atoms with E-state index < -0.39 is 0 Å². The quantitative estimate of drug-likeness (QED) is 0.491. The second-order valence-electron chi connectivity index (χ2n) is 7.54. The number of carbonyl (C=O) groups excluding carboxylic acids is 2. The van der Waals surface area contributed by atoms with E-state index >= 15 is 0 Å². The van der Waals surface area contributed by atoms with Crippen molar-refractivity contribution in [1.29, 1.82) is 0 Å². The summed E-state index contributed by atoms with van der Waals surface area (Å²) in [6.07, 6.45) is 2.62. The number of aryl methyl sites for hydroxylation is 1. The summed E-state index contributed by atoms with van der Waals surface area (Å²) in [5.41, 5.74) is 1.99. The van der Waals surface area contributed by atoms with Gasteiger partial charge in [0.25, 0.3) is 0 Å². The highest BCUT2D eigenvalue weighted by atomic mass is 16.5. The molecule has 31 heavy (non-hydrogen) atoms. The number of nitrogens with zero attached hydrogens (tertiary/aromatic N) is 3. The van der Waals surface area contributed by atoms with Crippen LogP contribution < -0.4 is 0 Å². The topological polar surface area (TPSA) is 64.0 Å².